The van der Waals surface area contributed by atoms with Crippen LogP contribution in [0.3, 0.4) is 0 Å². The molecule has 4 heterocycles. The van der Waals surface area contributed by atoms with E-state index in [1.807, 2.05) is 38.7 Å². The van der Waals surface area contributed by atoms with Crippen LogP contribution >= 0.6 is 11.6 Å². The van der Waals surface area contributed by atoms with Crippen molar-refractivity contribution in [1.82, 2.24) is 24.4 Å². The number of nitrogens with zero attached hydrogens (tertiary/aromatic N) is 6. The van der Waals surface area contributed by atoms with Crippen molar-refractivity contribution in [1.29, 1.82) is 0 Å². The van der Waals surface area contributed by atoms with Gasteiger partial charge in [-0.2, -0.15) is 4.98 Å². The molecule has 5 rings (SSSR count). The molecule has 1 aliphatic heterocycles. The number of piperazine rings is 1. The second-order valence-corrected chi connectivity index (χ2v) is 11.1. The number of aromatic nitrogens is 4. The molecule has 4 aromatic rings. The van der Waals surface area contributed by atoms with Gasteiger partial charge in [0.1, 0.15) is 11.6 Å². The number of carbonyl (C=O) groups excluding carboxylic acids is 1. The van der Waals surface area contributed by atoms with Crippen molar-refractivity contribution < 1.29 is 9.18 Å². The van der Waals surface area contributed by atoms with Crippen molar-refractivity contribution in [2.75, 3.05) is 24.5 Å². The molecular weight excluding hydrogens is 555 g/mol. The van der Waals surface area contributed by atoms with E-state index in [0.717, 1.165) is 5.56 Å². The first-order valence-corrected chi connectivity index (χ1v) is 14.1. The van der Waals surface area contributed by atoms with Crippen LogP contribution in [0.25, 0.3) is 34.1 Å². The summed E-state index contributed by atoms with van der Waals surface area (Å²) in [5, 5.41) is 0.720. The molecule has 1 atom stereocenters. The minimum atomic E-state index is -0.550. The highest BCUT2D eigenvalue weighted by Gasteiger charge is 2.30. The Labute approximate surface area is 248 Å². The van der Waals surface area contributed by atoms with E-state index in [0.29, 0.717) is 47.8 Å². The number of carbonyl (C=O) groups is 1. The monoisotopic (exact) mass is 586 g/mol. The van der Waals surface area contributed by atoms with Crippen LogP contribution in [-0.2, 0) is 4.79 Å². The van der Waals surface area contributed by atoms with Gasteiger partial charge in [0, 0.05) is 37.4 Å². The maximum Gasteiger partial charge on any atom is 0.355 e. The van der Waals surface area contributed by atoms with E-state index in [4.69, 9.17) is 16.6 Å². The number of aryl methyl sites for hydroxylation is 1. The molecule has 0 saturated carbocycles. The van der Waals surface area contributed by atoms with Crippen LogP contribution in [0.2, 0.25) is 5.02 Å². The third-order valence-electron chi connectivity index (χ3n) is 7.61. The lowest BCUT2D eigenvalue weighted by molar-refractivity contribution is -0.126. The molecule has 42 heavy (non-hydrogen) atoms. The highest BCUT2D eigenvalue weighted by Crippen LogP contribution is 2.37. The summed E-state index contributed by atoms with van der Waals surface area (Å²) < 4.78 is 16.8. The molecular formula is C32H32ClFN6O2. The molecule has 216 valence electrons. The molecule has 1 aromatic carbocycles. The molecule has 0 unspecified atom stereocenters. The summed E-state index contributed by atoms with van der Waals surface area (Å²) in [6.45, 7) is 16.6. The number of benzene rings is 1. The lowest BCUT2D eigenvalue weighted by Crippen LogP contribution is -2.54. The van der Waals surface area contributed by atoms with Crippen LogP contribution in [-0.4, -0.2) is 56.0 Å². The van der Waals surface area contributed by atoms with E-state index < -0.39 is 11.5 Å². The third kappa shape index (κ3) is 4.98. The molecule has 0 bridgehead atoms. The number of halogens is 2. The number of hydrogen-bond acceptors (Lipinski definition) is 6. The zero-order valence-corrected chi connectivity index (χ0v) is 24.8. The van der Waals surface area contributed by atoms with Gasteiger partial charge in [-0.1, -0.05) is 56.8 Å². The minimum Gasteiger partial charge on any atom is -0.350 e. The Morgan fingerprint density at radius 1 is 1.19 bits per heavy atom. The Hall–Kier alpha value is -4.37. The number of fused-ring (bicyclic) bond motifs is 1. The van der Waals surface area contributed by atoms with Gasteiger partial charge in [-0.05, 0) is 55.2 Å². The van der Waals surface area contributed by atoms with E-state index in [1.54, 1.807) is 35.4 Å². The second-order valence-electron chi connectivity index (χ2n) is 10.7. The normalized spacial score (nSPS) is 15.4. The van der Waals surface area contributed by atoms with Gasteiger partial charge in [0.05, 0.1) is 27.5 Å². The number of amides is 1. The predicted molar refractivity (Wildman–Crippen MR) is 166 cm³/mol. The molecule has 0 radical (unpaired) electrons. The Morgan fingerprint density at radius 2 is 1.95 bits per heavy atom. The van der Waals surface area contributed by atoms with Gasteiger partial charge in [-0.15, -0.1) is 0 Å². The Morgan fingerprint density at radius 3 is 2.62 bits per heavy atom. The highest BCUT2D eigenvalue weighted by atomic mass is 35.5. The standard InChI is InChI=1S/C32H32ClFN6O2/c1-7-21-10-9-11-24(34)26(21)28-23(33)16-22-30(39-15-14-38(17-20(39)6)25(41)8-2)37-32(42)40(31(22)36-28)29-19(5)12-13-35-27(29)18(3)4/h7-13,16,18,20H,1-2,14-15,17H2,3-6H3/t20-/m1/s1. The van der Waals surface area contributed by atoms with Crippen LogP contribution in [0, 0.1) is 12.7 Å². The lowest BCUT2D eigenvalue weighted by Gasteiger charge is -2.40. The molecule has 8 nitrogen and oxygen atoms in total. The van der Waals surface area contributed by atoms with Crippen LogP contribution in [0.15, 0.2) is 60.6 Å². The lowest BCUT2D eigenvalue weighted by atomic mass is 10.0. The summed E-state index contributed by atoms with van der Waals surface area (Å²) in [4.78, 5) is 44.1. The van der Waals surface area contributed by atoms with Gasteiger partial charge in [-0.25, -0.2) is 18.7 Å². The number of anilines is 1. The molecule has 1 amide bonds. The zero-order valence-electron chi connectivity index (χ0n) is 24.1. The summed E-state index contributed by atoms with van der Waals surface area (Å²) in [5.41, 5.74) is 2.71. The van der Waals surface area contributed by atoms with E-state index in [1.165, 1.54) is 16.7 Å². The van der Waals surface area contributed by atoms with Gasteiger partial charge >= 0.3 is 5.69 Å². The first kappa shape index (κ1) is 29.1. The van der Waals surface area contributed by atoms with Crippen molar-refractivity contribution in [3.05, 3.63) is 93.9 Å². The van der Waals surface area contributed by atoms with Gasteiger partial charge in [-0.3, -0.25) is 9.78 Å². The Kier molecular flexibility index (Phi) is 7.97. The Bertz CT molecular complexity index is 1800. The fourth-order valence-corrected chi connectivity index (χ4v) is 5.79. The molecule has 1 fully saturated rings. The average Bonchev–Trinajstić information content (AvgIpc) is 2.96. The summed E-state index contributed by atoms with van der Waals surface area (Å²) >= 11 is 6.85. The largest absolute Gasteiger partial charge is 0.355 e. The van der Waals surface area contributed by atoms with Crippen molar-refractivity contribution in [2.24, 2.45) is 0 Å². The van der Waals surface area contributed by atoms with Crippen molar-refractivity contribution >= 4 is 40.4 Å². The van der Waals surface area contributed by atoms with Crippen molar-refractivity contribution in [3.8, 4) is 16.9 Å². The minimum absolute atomic E-state index is 0.0114. The van der Waals surface area contributed by atoms with E-state index in [2.05, 4.69) is 23.1 Å². The molecule has 1 aliphatic rings. The van der Waals surface area contributed by atoms with Gasteiger partial charge in [0.2, 0.25) is 5.91 Å². The number of rotatable bonds is 6. The quantitative estimate of drug-likeness (QED) is 0.260. The summed E-state index contributed by atoms with van der Waals surface area (Å²) in [6.07, 6.45) is 4.55. The SMILES string of the molecule is C=CC(=O)N1CCN(c2nc(=O)n(-c3c(C)ccnc3C(C)C)c3nc(-c4c(F)cccc4C=C)c(Cl)cc23)[C@H](C)C1. The molecule has 1 saturated heterocycles. The molecule has 0 N–H and O–H groups in total. The van der Waals surface area contributed by atoms with Crippen LogP contribution < -0.4 is 10.6 Å². The fraction of sp³-hybridized carbons (Fsp3) is 0.281. The zero-order chi connectivity index (χ0) is 30.3. The average molecular weight is 587 g/mol. The van der Waals surface area contributed by atoms with Gasteiger partial charge in [0.25, 0.3) is 0 Å². The van der Waals surface area contributed by atoms with E-state index >= 15 is 4.39 Å². The summed E-state index contributed by atoms with van der Waals surface area (Å²) in [5.74, 6) is -0.278. The Balaban J connectivity index is 1.85. The number of hydrogen-bond donors (Lipinski definition) is 0. The third-order valence-corrected chi connectivity index (χ3v) is 7.90. The molecule has 3 aromatic heterocycles. The maximum atomic E-state index is 15.3. The fourth-order valence-electron chi connectivity index (χ4n) is 5.55. The van der Waals surface area contributed by atoms with Gasteiger partial charge < -0.3 is 9.80 Å². The van der Waals surface area contributed by atoms with Crippen LogP contribution in [0.5, 0.6) is 0 Å². The van der Waals surface area contributed by atoms with Crippen LogP contribution in [0.1, 0.15) is 43.5 Å². The van der Waals surface area contributed by atoms with E-state index in [9.17, 15) is 9.59 Å². The first-order valence-electron chi connectivity index (χ1n) is 13.8. The second kappa shape index (κ2) is 11.5. The van der Waals surface area contributed by atoms with E-state index in [-0.39, 0.29) is 39.8 Å². The topological polar surface area (TPSA) is 84.2 Å². The molecule has 0 spiro atoms. The first-order chi connectivity index (χ1) is 20.1. The van der Waals surface area contributed by atoms with Gasteiger partial charge in [0.15, 0.2) is 5.65 Å². The highest BCUT2D eigenvalue weighted by molar-refractivity contribution is 6.34. The molecule has 0 aliphatic carbocycles. The van der Waals surface area contributed by atoms with Crippen molar-refractivity contribution in [3.63, 3.8) is 0 Å². The summed E-state index contributed by atoms with van der Waals surface area (Å²) in [7, 11) is 0. The van der Waals surface area contributed by atoms with Crippen molar-refractivity contribution in [2.45, 2.75) is 39.7 Å². The smallest absolute Gasteiger partial charge is 0.350 e. The maximum absolute atomic E-state index is 15.3. The predicted octanol–water partition coefficient (Wildman–Crippen LogP) is 5.93. The van der Waals surface area contributed by atoms with Crippen LogP contribution in [0.4, 0.5) is 10.2 Å². The number of pyridine rings is 2. The summed E-state index contributed by atoms with van der Waals surface area (Å²) in [6, 6.07) is 8.00. The molecule has 10 heteroatoms.